The van der Waals surface area contributed by atoms with Gasteiger partial charge in [0, 0.05) is 93.1 Å². The lowest BCUT2D eigenvalue weighted by atomic mass is 9.96. The van der Waals surface area contributed by atoms with Crippen LogP contribution in [0.25, 0.3) is 33.3 Å². The van der Waals surface area contributed by atoms with Gasteiger partial charge in [0.15, 0.2) is 11.6 Å². The molecule has 1 aromatic carbocycles. The number of halogens is 2. The standard InChI is InChI=1S/C32H31F2N6O9P/c1-37-11-15-4-5-40(24(15)13-37)28-19(16-6-18-29(41)20(31(42)43)12-38(2)30(18)36-9-16)10-35-22-7-17-23(8-21(33)27(34)25(17)26(22)28)39(3)32(44)48-14-49-50(45,46)47/h6,8-10,12,15,24H,4-5,7,11,13-14H2,1-3H3,(H,42,43)(H2,45,46,47)/t15-,24+/m0/s1. The Balaban J connectivity index is 1.42. The molecule has 2 fully saturated rings. The molecule has 2 aliphatic heterocycles. The Morgan fingerprint density at radius 2 is 1.88 bits per heavy atom. The number of phosphoric acid groups is 1. The number of hydrogen-bond acceptors (Lipinski definition) is 10. The fourth-order valence-corrected chi connectivity index (χ4v) is 7.65. The molecule has 0 bridgehead atoms. The van der Waals surface area contributed by atoms with E-state index in [9.17, 15) is 24.1 Å². The lowest BCUT2D eigenvalue weighted by Crippen LogP contribution is -2.35. The van der Waals surface area contributed by atoms with Crippen LogP contribution in [0, 0.1) is 17.6 Å². The Kier molecular flexibility index (Phi) is 8.22. The Morgan fingerprint density at radius 1 is 1.12 bits per heavy atom. The van der Waals surface area contributed by atoms with Crippen molar-refractivity contribution in [3.63, 3.8) is 0 Å². The average molecular weight is 713 g/mol. The van der Waals surface area contributed by atoms with Crippen LogP contribution in [-0.2, 0) is 27.3 Å². The van der Waals surface area contributed by atoms with Gasteiger partial charge in [0.25, 0.3) is 0 Å². The van der Waals surface area contributed by atoms with Crippen molar-refractivity contribution in [3.8, 4) is 22.3 Å². The van der Waals surface area contributed by atoms with Crippen molar-refractivity contribution in [2.75, 3.05) is 50.3 Å². The molecule has 1 aliphatic carbocycles. The number of carboxylic acid groups (broad SMARTS) is 1. The number of pyridine rings is 3. The molecule has 2 atom stereocenters. The van der Waals surface area contributed by atoms with Crippen molar-refractivity contribution in [2.24, 2.45) is 13.0 Å². The van der Waals surface area contributed by atoms with E-state index in [0.29, 0.717) is 47.1 Å². The number of nitrogens with zero attached hydrogens (tertiary/aromatic N) is 6. The van der Waals surface area contributed by atoms with Crippen LogP contribution in [-0.4, -0.2) is 93.0 Å². The van der Waals surface area contributed by atoms with Crippen molar-refractivity contribution >= 4 is 42.3 Å². The topological polar surface area (TPSA) is 188 Å². The zero-order chi connectivity index (χ0) is 35.8. The van der Waals surface area contributed by atoms with E-state index in [1.54, 1.807) is 13.2 Å². The Labute approximate surface area is 282 Å². The van der Waals surface area contributed by atoms with Crippen LogP contribution in [0.15, 0.2) is 35.5 Å². The third-order valence-electron chi connectivity index (χ3n) is 9.64. The zero-order valence-electron chi connectivity index (χ0n) is 27.0. The number of hydrogen-bond donors (Lipinski definition) is 3. The lowest BCUT2D eigenvalue weighted by Gasteiger charge is -2.31. The third-order valence-corrected chi connectivity index (χ3v) is 10.1. The van der Waals surface area contributed by atoms with E-state index in [2.05, 4.69) is 24.3 Å². The molecule has 0 spiro atoms. The number of likely N-dealkylation sites (N-methyl/N-ethyl adjacent to an activating group) is 1. The van der Waals surface area contributed by atoms with Gasteiger partial charge in [-0.15, -0.1) is 0 Å². The van der Waals surface area contributed by atoms with Crippen LogP contribution in [0.2, 0.25) is 0 Å². The second-order valence-electron chi connectivity index (χ2n) is 12.7. The van der Waals surface area contributed by atoms with Gasteiger partial charge in [0.1, 0.15) is 11.2 Å². The van der Waals surface area contributed by atoms with Crippen molar-refractivity contribution < 1.29 is 47.1 Å². The zero-order valence-corrected chi connectivity index (χ0v) is 27.9. The van der Waals surface area contributed by atoms with E-state index >= 15 is 8.78 Å². The summed E-state index contributed by atoms with van der Waals surface area (Å²) in [6.07, 6.45) is 3.99. The number of carbonyl (C=O) groups excluding carboxylic acids is 1. The number of phosphoric ester groups is 1. The van der Waals surface area contributed by atoms with E-state index in [4.69, 9.17) is 14.5 Å². The molecule has 3 N–H and O–H groups in total. The minimum absolute atomic E-state index is 0.00139. The molecule has 3 aromatic heterocycles. The predicted molar refractivity (Wildman–Crippen MR) is 175 cm³/mol. The molecule has 7 rings (SSSR count). The van der Waals surface area contributed by atoms with Crippen LogP contribution in [0.5, 0.6) is 0 Å². The van der Waals surface area contributed by atoms with Gasteiger partial charge >= 0.3 is 19.9 Å². The number of benzene rings is 1. The molecule has 262 valence electrons. The molecule has 3 aliphatic rings. The third kappa shape index (κ3) is 5.60. The lowest BCUT2D eigenvalue weighted by molar-refractivity contribution is 0.0439. The molecule has 18 heteroatoms. The van der Waals surface area contributed by atoms with Crippen LogP contribution in [0.1, 0.15) is 28.0 Å². The number of rotatable bonds is 7. The number of ether oxygens (including phenoxy) is 1. The minimum atomic E-state index is -4.95. The van der Waals surface area contributed by atoms with Gasteiger partial charge in [-0.25, -0.2) is 32.4 Å². The minimum Gasteiger partial charge on any atom is -0.477 e. The summed E-state index contributed by atoms with van der Waals surface area (Å²) in [5, 5.41) is 9.71. The summed E-state index contributed by atoms with van der Waals surface area (Å²) < 4.78 is 53.1. The van der Waals surface area contributed by atoms with Crippen LogP contribution in [0.4, 0.5) is 25.0 Å². The average Bonchev–Trinajstić information content (AvgIpc) is 3.75. The van der Waals surface area contributed by atoms with E-state index in [1.807, 2.05) is 7.05 Å². The predicted octanol–water partition coefficient (Wildman–Crippen LogP) is 3.32. The smallest absolute Gasteiger partial charge is 0.472 e. The van der Waals surface area contributed by atoms with Crippen molar-refractivity contribution in [1.82, 2.24) is 19.4 Å². The largest absolute Gasteiger partial charge is 0.477 e. The highest BCUT2D eigenvalue weighted by molar-refractivity contribution is 7.46. The second-order valence-corrected chi connectivity index (χ2v) is 13.9. The Bertz CT molecular complexity index is 2230. The molecular formula is C32H31F2N6O9P. The number of aromatic carboxylic acids is 1. The molecular weight excluding hydrogens is 681 g/mol. The van der Waals surface area contributed by atoms with Gasteiger partial charge in [0.05, 0.1) is 22.5 Å². The number of aromatic nitrogens is 3. The summed E-state index contributed by atoms with van der Waals surface area (Å²) >= 11 is 0. The molecule has 50 heavy (non-hydrogen) atoms. The summed E-state index contributed by atoms with van der Waals surface area (Å²) in [6.45, 7) is 1.05. The summed E-state index contributed by atoms with van der Waals surface area (Å²) in [6, 6.07) is 2.38. The molecule has 0 saturated carbocycles. The second kappa shape index (κ2) is 12.2. The first-order valence-electron chi connectivity index (χ1n) is 15.5. The number of fused-ring (bicyclic) bond motifs is 5. The Morgan fingerprint density at radius 3 is 2.60 bits per heavy atom. The maximum atomic E-state index is 16.1. The molecule has 2 saturated heterocycles. The number of carboxylic acids is 1. The highest BCUT2D eigenvalue weighted by Gasteiger charge is 2.44. The number of likely N-dealkylation sites (tertiary alicyclic amines) is 1. The highest BCUT2D eigenvalue weighted by Crippen LogP contribution is 2.52. The van der Waals surface area contributed by atoms with Crippen LogP contribution < -0.4 is 15.2 Å². The molecule has 15 nitrogen and oxygen atoms in total. The van der Waals surface area contributed by atoms with Gasteiger partial charge in [-0.3, -0.25) is 14.7 Å². The molecule has 0 unspecified atom stereocenters. The highest BCUT2D eigenvalue weighted by atomic mass is 31.2. The van der Waals surface area contributed by atoms with Gasteiger partial charge in [-0.1, -0.05) is 0 Å². The monoisotopic (exact) mass is 712 g/mol. The quantitative estimate of drug-likeness (QED) is 0.165. The van der Waals surface area contributed by atoms with E-state index in [0.717, 1.165) is 23.9 Å². The summed E-state index contributed by atoms with van der Waals surface area (Å²) in [5.74, 6) is -3.52. The van der Waals surface area contributed by atoms with Crippen LogP contribution in [0.3, 0.4) is 0 Å². The van der Waals surface area contributed by atoms with Gasteiger partial charge in [-0.2, -0.15) is 0 Å². The van der Waals surface area contributed by atoms with E-state index < -0.39 is 49.3 Å². The molecule has 1 amide bonds. The number of anilines is 2. The van der Waals surface area contributed by atoms with Gasteiger partial charge in [0.2, 0.25) is 12.2 Å². The first kappa shape index (κ1) is 33.7. The summed E-state index contributed by atoms with van der Waals surface area (Å²) in [5.41, 5.74) is 1.30. The number of carbonyl (C=O) groups is 2. The molecule has 0 radical (unpaired) electrons. The number of amides is 1. The van der Waals surface area contributed by atoms with Gasteiger partial charge < -0.3 is 34.0 Å². The maximum absolute atomic E-state index is 16.1. The fourth-order valence-electron chi connectivity index (χ4n) is 7.46. The fraction of sp³-hybridized carbons (Fsp3) is 0.344. The van der Waals surface area contributed by atoms with E-state index in [-0.39, 0.29) is 40.3 Å². The Hall–Kier alpha value is -4.80. The van der Waals surface area contributed by atoms with Crippen molar-refractivity contribution in [2.45, 2.75) is 18.9 Å². The molecule has 4 aromatic rings. The van der Waals surface area contributed by atoms with Crippen molar-refractivity contribution in [1.29, 1.82) is 0 Å². The van der Waals surface area contributed by atoms with E-state index in [1.165, 1.54) is 30.1 Å². The summed E-state index contributed by atoms with van der Waals surface area (Å²) in [4.78, 5) is 70.2. The van der Waals surface area contributed by atoms with Crippen molar-refractivity contribution in [3.05, 3.63) is 69.4 Å². The first-order valence-corrected chi connectivity index (χ1v) is 17.0. The normalized spacial score (nSPS) is 18.3. The maximum Gasteiger partial charge on any atom is 0.472 e. The first-order chi connectivity index (χ1) is 23.6. The van der Waals surface area contributed by atoms with Crippen LogP contribution >= 0.6 is 7.82 Å². The molecule has 5 heterocycles. The SMILES string of the molecule is CN1C[C@@H]2CCN(c3c(-c4cnc5c(c4)c(=O)c(C(=O)O)cn5C)cnc4c3-c3c(F)c(F)cc(N(C)C(=O)OCOP(=O)(O)O)c3C4)[C@@H]2C1. The number of aryl methyl sites for hydroxylation is 1. The van der Waals surface area contributed by atoms with Gasteiger partial charge in [-0.05, 0) is 31.0 Å². The summed E-state index contributed by atoms with van der Waals surface area (Å²) in [7, 11) is -0.123.